The van der Waals surface area contributed by atoms with Crippen LogP contribution in [0.1, 0.15) is 33.3 Å². The van der Waals surface area contributed by atoms with Crippen molar-refractivity contribution in [3.8, 4) is 0 Å². The van der Waals surface area contributed by atoms with Crippen molar-refractivity contribution in [2.45, 2.75) is 39.8 Å². The third-order valence-corrected chi connectivity index (χ3v) is 3.83. The van der Waals surface area contributed by atoms with Crippen LogP contribution in [0.5, 0.6) is 0 Å². The number of nitrogens with one attached hydrogen (secondary N) is 1. The molecule has 0 aliphatic carbocycles. The molecule has 2 N–H and O–H groups in total. The van der Waals surface area contributed by atoms with Crippen molar-refractivity contribution in [3.63, 3.8) is 0 Å². The first-order chi connectivity index (χ1) is 8.58. The molecule has 19 heavy (non-hydrogen) atoms. The van der Waals surface area contributed by atoms with Crippen molar-refractivity contribution in [2.24, 2.45) is 5.41 Å². The zero-order valence-corrected chi connectivity index (χ0v) is 11.6. The molecule has 0 spiro atoms. The second-order valence-electron chi connectivity index (χ2n) is 5.64. The molecule has 1 rings (SSSR count). The molecule has 0 aromatic heterocycles. The number of halogens is 2. The minimum absolute atomic E-state index is 0.0628. The smallest absolute Gasteiger partial charge is 0.310 e. The van der Waals surface area contributed by atoms with Crippen LogP contribution in [-0.2, 0) is 11.3 Å². The van der Waals surface area contributed by atoms with Gasteiger partial charge in [-0.05, 0) is 45.9 Å². The van der Waals surface area contributed by atoms with Gasteiger partial charge in [0.25, 0.3) is 0 Å². The molecule has 0 unspecified atom stereocenters. The maximum Gasteiger partial charge on any atom is 0.310 e. The Bertz CT molecular complexity index is 484. The van der Waals surface area contributed by atoms with Crippen LogP contribution >= 0.6 is 0 Å². The largest absolute Gasteiger partial charge is 0.481 e. The Balaban J connectivity index is 2.86. The van der Waals surface area contributed by atoms with Crippen LogP contribution in [0.2, 0.25) is 0 Å². The van der Waals surface area contributed by atoms with Gasteiger partial charge in [0.2, 0.25) is 0 Å². The summed E-state index contributed by atoms with van der Waals surface area (Å²) in [5, 5.41) is 12.2. The third-order valence-electron chi connectivity index (χ3n) is 3.83. The van der Waals surface area contributed by atoms with Crippen molar-refractivity contribution in [1.82, 2.24) is 5.32 Å². The van der Waals surface area contributed by atoms with Crippen molar-refractivity contribution in [1.29, 1.82) is 0 Å². The average molecular weight is 271 g/mol. The Morgan fingerprint density at radius 3 is 2.37 bits per heavy atom. The summed E-state index contributed by atoms with van der Waals surface area (Å²) >= 11 is 0. The first-order valence-electron chi connectivity index (χ1n) is 6.00. The fourth-order valence-corrected chi connectivity index (χ4v) is 1.48. The van der Waals surface area contributed by atoms with E-state index >= 15 is 0 Å². The van der Waals surface area contributed by atoms with Crippen LogP contribution in [-0.4, -0.2) is 16.6 Å². The highest BCUT2D eigenvalue weighted by molar-refractivity contribution is 5.75. The quantitative estimate of drug-likeness (QED) is 0.865. The molecule has 106 valence electrons. The molecule has 0 atom stereocenters. The van der Waals surface area contributed by atoms with Gasteiger partial charge in [0.05, 0.1) is 5.41 Å². The highest BCUT2D eigenvalue weighted by atomic mass is 19.1. The molecule has 0 saturated carbocycles. The summed E-state index contributed by atoms with van der Waals surface area (Å²) in [5.41, 5.74) is -1.65. The molecule has 3 nitrogen and oxygen atoms in total. The third kappa shape index (κ3) is 3.29. The second-order valence-corrected chi connectivity index (χ2v) is 5.64. The Morgan fingerprint density at radius 1 is 1.26 bits per heavy atom. The lowest BCUT2D eigenvalue weighted by Crippen LogP contribution is -2.54. The Kier molecular flexibility index (Phi) is 4.30. The molecule has 0 amide bonds. The van der Waals surface area contributed by atoms with Gasteiger partial charge in [0.1, 0.15) is 11.6 Å². The van der Waals surface area contributed by atoms with E-state index in [1.54, 1.807) is 27.7 Å². The predicted molar refractivity (Wildman–Crippen MR) is 68.7 cm³/mol. The molecule has 0 heterocycles. The number of carboxylic acids is 1. The van der Waals surface area contributed by atoms with Crippen molar-refractivity contribution < 1.29 is 18.7 Å². The van der Waals surface area contributed by atoms with Crippen molar-refractivity contribution in [2.75, 3.05) is 0 Å². The molecule has 0 radical (unpaired) electrons. The van der Waals surface area contributed by atoms with Gasteiger partial charge in [0.15, 0.2) is 0 Å². The van der Waals surface area contributed by atoms with E-state index in [0.717, 1.165) is 18.2 Å². The minimum Gasteiger partial charge on any atom is -0.481 e. The lowest BCUT2D eigenvalue weighted by molar-refractivity contribution is -0.151. The van der Waals surface area contributed by atoms with E-state index in [9.17, 15) is 18.7 Å². The number of aliphatic carboxylic acids is 1. The van der Waals surface area contributed by atoms with Gasteiger partial charge in [-0.1, -0.05) is 0 Å². The monoisotopic (exact) mass is 271 g/mol. The molecule has 5 heteroatoms. The van der Waals surface area contributed by atoms with Gasteiger partial charge < -0.3 is 10.4 Å². The number of rotatable bonds is 5. The SMILES string of the molecule is CC(C)(NCc1cc(F)ccc1F)C(C)(C)C(=O)O. The number of benzene rings is 1. The van der Waals surface area contributed by atoms with Gasteiger partial charge in [-0.2, -0.15) is 0 Å². The van der Waals surface area contributed by atoms with Crippen LogP contribution in [0.25, 0.3) is 0 Å². The summed E-state index contributed by atoms with van der Waals surface area (Å²) in [5.74, 6) is -1.99. The first kappa shape index (κ1) is 15.6. The van der Waals surface area contributed by atoms with Crippen LogP contribution in [0, 0.1) is 17.0 Å². The van der Waals surface area contributed by atoms with Gasteiger partial charge in [-0.3, -0.25) is 4.79 Å². The first-order valence-corrected chi connectivity index (χ1v) is 6.00. The van der Waals surface area contributed by atoms with E-state index in [0.29, 0.717) is 0 Å². The molecule has 0 aliphatic heterocycles. The topological polar surface area (TPSA) is 49.3 Å². The van der Waals surface area contributed by atoms with Gasteiger partial charge in [0, 0.05) is 17.6 Å². The summed E-state index contributed by atoms with van der Waals surface area (Å²) < 4.78 is 26.5. The second kappa shape index (κ2) is 5.25. The normalized spacial score (nSPS) is 12.5. The minimum atomic E-state index is -1.04. The molecule has 1 aromatic carbocycles. The van der Waals surface area contributed by atoms with E-state index in [4.69, 9.17) is 0 Å². The molecule has 0 aliphatic rings. The van der Waals surface area contributed by atoms with Crippen LogP contribution in [0.4, 0.5) is 8.78 Å². The molecular weight excluding hydrogens is 252 g/mol. The van der Waals surface area contributed by atoms with E-state index in [1.165, 1.54) is 0 Å². The molecular formula is C14H19F2NO2. The zero-order chi connectivity index (χ0) is 14.8. The summed E-state index contributed by atoms with van der Waals surface area (Å²) in [4.78, 5) is 11.2. The summed E-state index contributed by atoms with van der Waals surface area (Å²) in [6.45, 7) is 6.68. The van der Waals surface area contributed by atoms with Gasteiger partial charge >= 0.3 is 5.97 Å². The number of hydrogen-bond acceptors (Lipinski definition) is 2. The Morgan fingerprint density at radius 2 is 1.84 bits per heavy atom. The molecule has 0 fully saturated rings. The lowest BCUT2D eigenvalue weighted by Gasteiger charge is -2.39. The van der Waals surface area contributed by atoms with E-state index in [-0.39, 0.29) is 12.1 Å². The lowest BCUT2D eigenvalue weighted by atomic mass is 9.74. The highest BCUT2D eigenvalue weighted by Crippen LogP contribution is 2.31. The van der Waals surface area contributed by atoms with E-state index < -0.39 is 28.6 Å². The maximum absolute atomic E-state index is 13.5. The van der Waals surface area contributed by atoms with Crippen LogP contribution < -0.4 is 5.32 Å². The summed E-state index contributed by atoms with van der Waals surface area (Å²) in [7, 11) is 0. The van der Waals surface area contributed by atoms with Gasteiger partial charge in [-0.15, -0.1) is 0 Å². The van der Waals surface area contributed by atoms with Crippen molar-refractivity contribution >= 4 is 5.97 Å². The van der Waals surface area contributed by atoms with Crippen molar-refractivity contribution in [3.05, 3.63) is 35.4 Å². The number of carboxylic acid groups (broad SMARTS) is 1. The van der Waals surface area contributed by atoms with E-state index in [2.05, 4.69) is 5.32 Å². The summed E-state index contributed by atoms with van der Waals surface area (Å²) in [6, 6.07) is 3.21. The fraction of sp³-hybridized carbons (Fsp3) is 0.500. The Hall–Kier alpha value is -1.49. The standard InChI is InChI=1S/C14H19F2NO2/c1-13(2,12(18)19)14(3,4)17-8-9-7-10(15)5-6-11(9)16/h5-7,17H,8H2,1-4H3,(H,18,19). The van der Waals surface area contributed by atoms with E-state index in [1.807, 2.05) is 0 Å². The highest BCUT2D eigenvalue weighted by Gasteiger charge is 2.43. The van der Waals surface area contributed by atoms with Gasteiger partial charge in [-0.25, -0.2) is 8.78 Å². The zero-order valence-electron chi connectivity index (χ0n) is 11.6. The predicted octanol–water partition coefficient (Wildman–Crippen LogP) is 2.94. The number of carbonyl (C=O) groups is 1. The maximum atomic E-state index is 13.5. The Labute approximate surface area is 111 Å². The summed E-state index contributed by atoms with van der Waals surface area (Å²) in [6.07, 6.45) is 0. The number of hydrogen-bond donors (Lipinski definition) is 2. The van der Waals surface area contributed by atoms with Crippen LogP contribution in [0.15, 0.2) is 18.2 Å². The molecule has 1 aromatic rings. The molecule has 0 bridgehead atoms. The average Bonchev–Trinajstić information content (AvgIpc) is 2.30. The molecule has 0 saturated heterocycles. The van der Waals surface area contributed by atoms with Crippen LogP contribution in [0.3, 0.4) is 0 Å². The fourth-order valence-electron chi connectivity index (χ4n) is 1.48.